The van der Waals surface area contributed by atoms with Crippen molar-refractivity contribution >= 4 is 17.4 Å². The van der Waals surface area contributed by atoms with Crippen LogP contribution in [0.2, 0.25) is 0 Å². The molecule has 4 rings (SSSR count). The van der Waals surface area contributed by atoms with Gasteiger partial charge in [-0.2, -0.15) is 5.26 Å². The molecule has 0 spiro atoms. The van der Waals surface area contributed by atoms with Crippen LogP contribution >= 0.6 is 0 Å². The van der Waals surface area contributed by atoms with Gasteiger partial charge in [-0.25, -0.2) is 4.98 Å². The fraction of sp³-hybridized carbons (Fsp3) is 0.174. The predicted octanol–water partition coefficient (Wildman–Crippen LogP) is 4.47. The van der Waals surface area contributed by atoms with Crippen molar-refractivity contribution in [3.8, 4) is 17.2 Å². The second-order valence-corrected chi connectivity index (χ2v) is 7.16. The molecular formula is C23H18N4O3. The number of carbonyl (C=O) groups excluding carboxylic acids is 1. The quantitative estimate of drug-likeness (QED) is 0.450. The number of amides is 1. The van der Waals surface area contributed by atoms with Crippen molar-refractivity contribution in [3.63, 3.8) is 0 Å². The Morgan fingerprint density at radius 3 is 2.53 bits per heavy atom. The van der Waals surface area contributed by atoms with Crippen LogP contribution in [0.25, 0.3) is 11.1 Å². The lowest BCUT2D eigenvalue weighted by Crippen LogP contribution is -2.33. The highest BCUT2D eigenvalue weighted by Crippen LogP contribution is 2.35. The van der Waals surface area contributed by atoms with E-state index in [4.69, 9.17) is 0 Å². The minimum absolute atomic E-state index is 0.0679. The van der Waals surface area contributed by atoms with Gasteiger partial charge in [-0.3, -0.25) is 19.8 Å². The van der Waals surface area contributed by atoms with Crippen LogP contribution in [0.15, 0.2) is 66.9 Å². The highest BCUT2D eigenvalue weighted by molar-refractivity contribution is 5.97. The Morgan fingerprint density at radius 1 is 1.13 bits per heavy atom. The van der Waals surface area contributed by atoms with Crippen LogP contribution in [0.4, 0.5) is 11.5 Å². The Bertz CT molecular complexity index is 1150. The molecule has 3 aromatic rings. The Labute approximate surface area is 173 Å². The van der Waals surface area contributed by atoms with E-state index in [-0.39, 0.29) is 29.9 Å². The number of anilines is 1. The third kappa shape index (κ3) is 3.89. The van der Waals surface area contributed by atoms with Gasteiger partial charge in [-0.1, -0.05) is 42.5 Å². The molecule has 1 aliphatic carbocycles. The molecule has 1 heterocycles. The number of pyridine rings is 1. The molecule has 0 N–H and O–H groups in total. The largest absolute Gasteiger partial charge is 0.312 e. The second-order valence-electron chi connectivity index (χ2n) is 7.16. The lowest BCUT2D eigenvalue weighted by molar-refractivity contribution is -0.384. The van der Waals surface area contributed by atoms with Crippen molar-refractivity contribution < 1.29 is 9.72 Å². The molecule has 0 atom stereocenters. The monoisotopic (exact) mass is 398 g/mol. The Hall–Kier alpha value is -4.05. The van der Waals surface area contributed by atoms with E-state index < -0.39 is 4.92 Å². The number of nitro groups is 1. The molecule has 30 heavy (non-hydrogen) atoms. The van der Waals surface area contributed by atoms with Crippen LogP contribution in [-0.2, 0) is 11.3 Å². The van der Waals surface area contributed by atoms with Gasteiger partial charge in [-0.05, 0) is 41.7 Å². The number of nitriles is 1. The molecule has 1 aromatic heterocycles. The van der Waals surface area contributed by atoms with E-state index in [0.717, 1.165) is 29.5 Å². The van der Waals surface area contributed by atoms with Gasteiger partial charge < -0.3 is 0 Å². The first-order valence-corrected chi connectivity index (χ1v) is 9.57. The molecule has 0 radical (unpaired) electrons. The van der Waals surface area contributed by atoms with Gasteiger partial charge in [0.15, 0.2) is 0 Å². The second kappa shape index (κ2) is 8.13. The molecule has 0 bridgehead atoms. The van der Waals surface area contributed by atoms with Crippen molar-refractivity contribution in [2.75, 3.05) is 4.90 Å². The molecule has 7 heteroatoms. The first-order chi connectivity index (χ1) is 14.6. The Balaban J connectivity index is 1.65. The minimum atomic E-state index is -0.516. The van der Waals surface area contributed by atoms with Crippen molar-refractivity contribution in [2.24, 2.45) is 5.92 Å². The van der Waals surface area contributed by atoms with Crippen molar-refractivity contribution in [3.05, 3.63) is 88.1 Å². The van der Waals surface area contributed by atoms with Gasteiger partial charge in [0.05, 0.1) is 23.1 Å². The van der Waals surface area contributed by atoms with Crippen LogP contribution in [0.5, 0.6) is 0 Å². The summed E-state index contributed by atoms with van der Waals surface area (Å²) in [5, 5.41) is 20.8. The van der Waals surface area contributed by atoms with Gasteiger partial charge in [0, 0.05) is 18.2 Å². The van der Waals surface area contributed by atoms with Crippen molar-refractivity contribution in [1.29, 1.82) is 5.26 Å². The third-order valence-electron chi connectivity index (χ3n) is 5.06. The average molecular weight is 398 g/mol. The summed E-state index contributed by atoms with van der Waals surface area (Å²) in [5.74, 6) is -0.178. The molecule has 1 fully saturated rings. The normalized spacial score (nSPS) is 12.8. The summed E-state index contributed by atoms with van der Waals surface area (Å²) in [6.45, 7) is 0.188. The molecule has 7 nitrogen and oxygen atoms in total. The molecule has 1 saturated carbocycles. The lowest BCUT2D eigenvalue weighted by atomic mass is 9.99. The van der Waals surface area contributed by atoms with E-state index in [1.54, 1.807) is 6.07 Å². The summed E-state index contributed by atoms with van der Waals surface area (Å²) in [6, 6.07) is 19.9. The lowest BCUT2D eigenvalue weighted by Gasteiger charge is -2.21. The summed E-state index contributed by atoms with van der Waals surface area (Å²) in [4.78, 5) is 29.4. The van der Waals surface area contributed by atoms with E-state index in [9.17, 15) is 20.2 Å². The number of rotatable bonds is 6. The highest BCUT2D eigenvalue weighted by atomic mass is 16.6. The zero-order valence-corrected chi connectivity index (χ0v) is 16.1. The number of hydrogen-bond acceptors (Lipinski definition) is 5. The van der Waals surface area contributed by atoms with Crippen LogP contribution in [0.3, 0.4) is 0 Å². The van der Waals surface area contributed by atoms with Crippen molar-refractivity contribution in [1.82, 2.24) is 4.98 Å². The van der Waals surface area contributed by atoms with E-state index >= 15 is 0 Å². The van der Waals surface area contributed by atoms with Crippen LogP contribution in [0.1, 0.15) is 24.0 Å². The zero-order chi connectivity index (χ0) is 21.1. The molecule has 2 aromatic carbocycles. The molecule has 1 amide bonds. The zero-order valence-electron chi connectivity index (χ0n) is 16.1. The van der Waals surface area contributed by atoms with Gasteiger partial charge in [-0.15, -0.1) is 0 Å². The van der Waals surface area contributed by atoms with Gasteiger partial charge in [0.2, 0.25) is 11.7 Å². The summed E-state index contributed by atoms with van der Waals surface area (Å²) in [5.41, 5.74) is 2.94. The molecule has 148 valence electrons. The molecule has 1 aliphatic rings. The van der Waals surface area contributed by atoms with Gasteiger partial charge in [0.1, 0.15) is 0 Å². The maximum Gasteiger partial charge on any atom is 0.312 e. The summed E-state index contributed by atoms with van der Waals surface area (Å²) in [7, 11) is 0. The van der Waals surface area contributed by atoms with E-state index in [0.29, 0.717) is 5.56 Å². The maximum atomic E-state index is 12.9. The summed E-state index contributed by atoms with van der Waals surface area (Å²) < 4.78 is 0. The van der Waals surface area contributed by atoms with Gasteiger partial charge >= 0.3 is 5.69 Å². The van der Waals surface area contributed by atoms with E-state index in [2.05, 4.69) is 11.1 Å². The van der Waals surface area contributed by atoms with E-state index in [1.165, 1.54) is 23.2 Å². The number of carbonyl (C=O) groups is 1. The Kier molecular flexibility index (Phi) is 5.22. The fourth-order valence-electron chi connectivity index (χ4n) is 3.35. The maximum absolute atomic E-state index is 12.9. The third-order valence-corrected chi connectivity index (χ3v) is 5.06. The molecule has 0 unspecified atom stereocenters. The van der Waals surface area contributed by atoms with Crippen LogP contribution < -0.4 is 4.90 Å². The number of aromatic nitrogens is 1. The fourth-order valence-corrected chi connectivity index (χ4v) is 3.35. The first-order valence-electron chi connectivity index (χ1n) is 9.57. The van der Waals surface area contributed by atoms with Crippen LogP contribution in [0, 0.1) is 27.4 Å². The topological polar surface area (TPSA) is 100 Å². The average Bonchev–Trinajstić information content (AvgIpc) is 3.63. The van der Waals surface area contributed by atoms with E-state index in [1.807, 2.05) is 42.5 Å². The summed E-state index contributed by atoms with van der Waals surface area (Å²) in [6.07, 6.45) is 3.04. The number of benzene rings is 2. The summed E-state index contributed by atoms with van der Waals surface area (Å²) >= 11 is 0. The van der Waals surface area contributed by atoms with Gasteiger partial charge in [0.25, 0.3) is 0 Å². The van der Waals surface area contributed by atoms with Crippen molar-refractivity contribution in [2.45, 2.75) is 19.4 Å². The molecule has 0 saturated heterocycles. The molecular weight excluding hydrogens is 380 g/mol. The highest BCUT2D eigenvalue weighted by Gasteiger charge is 2.36. The van der Waals surface area contributed by atoms with Crippen LogP contribution in [-0.4, -0.2) is 15.8 Å². The first kappa shape index (κ1) is 19.3. The number of hydrogen-bond donors (Lipinski definition) is 0. The molecule has 0 aliphatic heterocycles. The smallest absolute Gasteiger partial charge is 0.286 e. The minimum Gasteiger partial charge on any atom is -0.286 e. The number of nitrogens with zero attached hydrogens (tertiary/aromatic N) is 4. The standard InChI is InChI=1S/C23H18N4O3/c24-14-19-4-1-2-5-20(19)17-9-7-16(8-10-17)15-26(23(28)18-11-12-18)22-21(27(29)30)6-3-13-25-22/h1-10,13,18H,11-12,15H2. The Morgan fingerprint density at radius 2 is 1.87 bits per heavy atom. The predicted molar refractivity (Wildman–Crippen MR) is 111 cm³/mol. The SMILES string of the molecule is N#Cc1ccccc1-c1ccc(CN(C(=O)C2CC2)c2ncccc2[N+](=O)[O-])cc1.